The number of aromatic nitrogens is 2. The van der Waals surface area contributed by atoms with Crippen LogP contribution in [0.4, 0.5) is 10.5 Å². The number of carbonyl (C=O) groups is 1. The van der Waals surface area contributed by atoms with Gasteiger partial charge >= 0.3 is 6.09 Å². The average molecular weight is 449 g/mol. The Morgan fingerprint density at radius 2 is 1.61 bits per heavy atom. The van der Waals surface area contributed by atoms with E-state index in [1.807, 2.05) is 45.6 Å². The van der Waals surface area contributed by atoms with Crippen LogP contribution in [0.15, 0.2) is 16.6 Å². The van der Waals surface area contributed by atoms with Crippen molar-refractivity contribution in [1.29, 1.82) is 0 Å². The molecule has 0 spiro atoms. The fourth-order valence-electron chi connectivity index (χ4n) is 3.71. The fourth-order valence-corrected chi connectivity index (χ4v) is 4.12. The first-order valence-corrected chi connectivity index (χ1v) is 10.5. The van der Waals surface area contributed by atoms with E-state index in [0.29, 0.717) is 0 Å². The molecular weight excluding hydrogens is 420 g/mol. The molecule has 3 rings (SSSR count). The number of amides is 1. The summed E-state index contributed by atoms with van der Waals surface area (Å²) in [4.78, 5) is 26.4. The summed E-state index contributed by atoms with van der Waals surface area (Å²) in [5.74, 6) is 0. The summed E-state index contributed by atoms with van der Waals surface area (Å²) in [6.45, 7) is 15.2. The second-order valence-electron chi connectivity index (χ2n) is 8.65. The summed E-state index contributed by atoms with van der Waals surface area (Å²) < 4.78 is 6.55. The molecule has 0 N–H and O–H groups in total. The van der Waals surface area contributed by atoms with Crippen LogP contribution in [-0.4, -0.2) is 51.7 Å². The molecule has 1 amide bonds. The van der Waals surface area contributed by atoms with Gasteiger partial charge in [0, 0.05) is 17.6 Å². The van der Waals surface area contributed by atoms with E-state index in [9.17, 15) is 4.79 Å². The highest BCUT2D eigenvalue weighted by atomic mass is 79.9. The first-order valence-electron chi connectivity index (χ1n) is 9.67. The lowest BCUT2D eigenvalue weighted by atomic mass is 10.1. The third kappa shape index (κ3) is 4.09. The van der Waals surface area contributed by atoms with Gasteiger partial charge in [-0.25, -0.2) is 14.8 Å². The minimum atomic E-state index is -0.499. The van der Waals surface area contributed by atoms with Gasteiger partial charge in [-0.2, -0.15) is 0 Å². The quantitative estimate of drug-likeness (QED) is 0.624. The summed E-state index contributed by atoms with van der Waals surface area (Å²) in [5.41, 5.74) is 4.18. The maximum atomic E-state index is 12.7. The normalized spacial score (nSPS) is 20.6. The van der Waals surface area contributed by atoms with Crippen LogP contribution >= 0.6 is 15.9 Å². The number of nitrogens with zero attached hydrogens (tertiary/aromatic N) is 4. The zero-order valence-electron chi connectivity index (χ0n) is 17.7. The Hall–Kier alpha value is -1.89. The summed E-state index contributed by atoms with van der Waals surface area (Å²) in [6, 6.07) is 4.16. The maximum absolute atomic E-state index is 12.7. The first-order chi connectivity index (χ1) is 13.0. The van der Waals surface area contributed by atoms with Gasteiger partial charge in [-0.1, -0.05) is 0 Å². The van der Waals surface area contributed by atoms with Gasteiger partial charge in [-0.3, -0.25) is 4.90 Å². The molecule has 0 saturated carbocycles. The third-order valence-corrected chi connectivity index (χ3v) is 5.67. The van der Waals surface area contributed by atoms with Crippen LogP contribution in [0.2, 0.25) is 0 Å². The predicted molar refractivity (Wildman–Crippen MR) is 116 cm³/mol. The van der Waals surface area contributed by atoms with Crippen molar-refractivity contribution in [2.24, 2.45) is 0 Å². The smallest absolute Gasteiger partial charge is 0.410 e. The molecule has 6 nitrogen and oxygen atoms in total. The van der Waals surface area contributed by atoms with Gasteiger partial charge in [0.05, 0.1) is 29.2 Å². The summed E-state index contributed by atoms with van der Waals surface area (Å²) >= 11 is 3.60. The lowest BCUT2D eigenvalue weighted by molar-refractivity contribution is 0.00568. The van der Waals surface area contributed by atoms with Crippen LogP contribution in [0.1, 0.15) is 46.0 Å². The van der Waals surface area contributed by atoms with Crippen LogP contribution in [0, 0.1) is 13.8 Å². The molecule has 2 aromatic rings. The van der Waals surface area contributed by atoms with E-state index in [4.69, 9.17) is 14.7 Å². The molecule has 1 aromatic heterocycles. The molecule has 7 heteroatoms. The van der Waals surface area contributed by atoms with E-state index >= 15 is 0 Å². The van der Waals surface area contributed by atoms with Crippen LogP contribution < -0.4 is 4.90 Å². The average Bonchev–Trinajstić information content (AvgIpc) is 2.54. The van der Waals surface area contributed by atoms with Gasteiger partial charge in [-0.05, 0) is 76.5 Å². The number of piperazine rings is 1. The molecule has 1 aliphatic heterocycles. The Balaban J connectivity index is 1.92. The standard InChI is InChI=1S/C21H29BrN4O2/c1-12-10-25(11-13(2)26(12)20(27)28-21(5,6)7)17-9-8-16(22)18-19(17)24-15(4)14(3)23-18/h8-9,12-13H,10-11H2,1-7H3/t12-,13+. The number of ether oxygens (including phenoxy) is 1. The van der Waals surface area contributed by atoms with E-state index in [-0.39, 0.29) is 18.2 Å². The number of hydrogen-bond acceptors (Lipinski definition) is 5. The molecule has 0 unspecified atom stereocenters. The minimum Gasteiger partial charge on any atom is -0.444 e. The number of aryl methyl sites for hydroxylation is 2. The Labute approximate surface area is 175 Å². The molecule has 1 fully saturated rings. The van der Waals surface area contributed by atoms with E-state index < -0.39 is 5.60 Å². The van der Waals surface area contributed by atoms with Crippen LogP contribution in [0.25, 0.3) is 11.0 Å². The molecular formula is C21H29BrN4O2. The number of carbonyl (C=O) groups excluding carboxylic acids is 1. The predicted octanol–water partition coefficient (Wildman–Crippen LogP) is 4.84. The highest BCUT2D eigenvalue weighted by Crippen LogP contribution is 2.33. The molecule has 1 aromatic carbocycles. The van der Waals surface area contributed by atoms with Crippen molar-refractivity contribution in [2.45, 2.75) is 66.2 Å². The lowest BCUT2D eigenvalue weighted by Gasteiger charge is -2.45. The number of hydrogen-bond donors (Lipinski definition) is 0. The summed E-state index contributed by atoms with van der Waals surface area (Å²) in [5, 5.41) is 0. The van der Waals surface area contributed by atoms with Gasteiger partial charge in [0.25, 0.3) is 0 Å². The number of fused-ring (bicyclic) bond motifs is 1. The van der Waals surface area contributed by atoms with Gasteiger partial charge < -0.3 is 9.64 Å². The van der Waals surface area contributed by atoms with Crippen molar-refractivity contribution in [2.75, 3.05) is 18.0 Å². The molecule has 0 bridgehead atoms. The Morgan fingerprint density at radius 1 is 1.07 bits per heavy atom. The van der Waals surface area contributed by atoms with Crippen molar-refractivity contribution in [3.63, 3.8) is 0 Å². The molecule has 0 aliphatic carbocycles. The minimum absolute atomic E-state index is 0.0248. The van der Waals surface area contributed by atoms with E-state index in [0.717, 1.165) is 45.7 Å². The van der Waals surface area contributed by atoms with Crippen LogP contribution in [0.5, 0.6) is 0 Å². The summed E-state index contributed by atoms with van der Waals surface area (Å²) in [6.07, 6.45) is -0.251. The molecule has 1 aliphatic rings. The van der Waals surface area contributed by atoms with E-state index in [1.165, 1.54) is 0 Å². The SMILES string of the molecule is Cc1nc2c(Br)ccc(N3C[C@@H](C)N(C(=O)OC(C)(C)C)[C@@H](C)C3)c2nc1C. The van der Waals surface area contributed by atoms with Crippen molar-refractivity contribution < 1.29 is 9.53 Å². The number of rotatable bonds is 1. The number of halogens is 1. The van der Waals surface area contributed by atoms with Gasteiger partial charge in [0.15, 0.2) is 0 Å². The largest absolute Gasteiger partial charge is 0.444 e. The van der Waals surface area contributed by atoms with Crippen molar-refractivity contribution >= 4 is 38.7 Å². The Bertz CT molecular complexity index is 897. The summed E-state index contributed by atoms with van der Waals surface area (Å²) in [7, 11) is 0. The van der Waals surface area contributed by atoms with Crippen molar-refractivity contribution in [3.05, 3.63) is 28.0 Å². The topological polar surface area (TPSA) is 58.6 Å². The highest BCUT2D eigenvalue weighted by Gasteiger charge is 2.36. The van der Waals surface area contributed by atoms with E-state index in [1.54, 1.807) is 0 Å². The molecule has 1 saturated heterocycles. The fraction of sp³-hybridized carbons (Fsp3) is 0.571. The molecule has 2 atom stereocenters. The number of benzene rings is 1. The molecule has 0 radical (unpaired) electrons. The zero-order chi connectivity index (χ0) is 20.8. The third-order valence-electron chi connectivity index (χ3n) is 5.03. The monoisotopic (exact) mass is 448 g/mol. The van der Waals surface area contributed by atoms with Crippen LogP contribution in [0.3, 0.4) is 0 Å². The van der Waals surface area contributed by atoms with Gasteiger partial charge in [0.1, 0.15) is 16.6 Å². The van der Waals surface area contributed by atoms with Crippen LogP contribution in [-0.2, 0) is 4.74 Å². The van der Waals surface area contributed by atoms with E-state index in [2.05, 4.69) is 40.7 Å². The first kappa shape index (κ1) is 20.8. The van der Waals surface area contributed by atoms with Gasteiger partial charge in [-0.15, -0.1) is 0 Å². The second-order valence-corrected chi connectivity index (χ2v) is 9.50. The molecule has 28 heavy (non-hydrogen) atoms. The Morgan fingerprint density at radius 3 is 2.14 bits per heavy atom. The van der Waals surface area contributed by atoms with Crippen molar-refractivity contribution in [3.8, 4) is 0 Å². The highest BCUT2D eigenvalue weighted by molar-refractivity contribution is 9.10. The maximum Gasteiger partial charge on any atom is 0.410 e. The molecule has 152 valence electrons. The van der Waals surface area contributed by atoms with Gasteiger partial charge in [0.2, 0.25) is 0 Å². The van der Waals surface area contributed by atoms with Crippen molar-refractivity contribution in [1.82, 2.24) is 14.9 Å². The Kier molecular flexibility index (Phi) is 5.58. The molecule has 2 heterocycles. The number of anilines is 1. The second kappa shape index (κ2) is 7.50. The lowest BCUT2D eigenvalue weighted by Crippen LogP contribution is -2.59. The zero-order valence-corrected chi connectivity index (χ0v) is 19.3.